The molecular weight excluding hydrogens is 414 g/mol. The first kappa shape index (κ1) is 20.1. The van der Waals surface area contributed by atoms with Crippen molar-refractivity contribution in [2.45, 2.75) is 31.8 Å². The van der Waals surface area contributed by atoms with Gasteiger partial charge < -0.3 is 14.2 Å². The van der Waals surface area contributed by atoms with Crippen LogP contribution in [0.25, 0.3) is 11.0 Å². The molecule has 0 aliphatic carbocycles. The zero-order valence-electron chi connectivity index (χ0n) is 17.5. The normalized spacial score (nSPS) is 17.9. The molecule has 5 rings (SSSR count). The summed E-state index contributed by atoms with van der Waals surface area (Å²) in [5.74, 6) is 1.06. The van der Waals surface area contributed by atoms with Crippen LogP contribution in [-0.2, 0) is 40.5 Å². The number of carbonyl (C=O) groups is 1. The molecule has 1 fully saturated rings. The van der Waals surface area contributed by atoms with Gasteiger partial charge in [-0.2, -0.15) is 0 Å². The van der Waals surface area contributed by atoms with Crippen molar-refractivity contribution in [1.82, 2.24) is 14.5 Å². The van der Waals surface area contributed by atoms with Crippen molar-refractivity contribution in [2.75, 3.05) is 25.2 Å². The van der Waals surface area contributed by atoms with Gasteiger partial charge in [0.05, 0.1) is 36.2 Å². The highest BCUT2D eigenvalue weighted by Gasteiger charge is 2.38. The molecule has 31 heavy (non-hydrogen) atoms. The fourth-order valence-corrected chi connectivity index (χ4v) is 6.10. The van der Waals surface area contributed by atoms with Crippen LogP contribution in [0.3, 0.4) is 0 Å². The van der Waals surface area contributed by atoms with Gasteiger partial charge >= 0.3 is 6.09 Å². The van der Waals surface area contributed by atoms with E-state index in [1.54, 1.807) is 4.90 Å². The Morgan fingerprint density at radius 2 is 1.94 bits per heavy atom. The molecule has 1 saturated heterocycles. The SMILES string of the molecule is COC(=O)N1CCc2ccc3c(nc(C4CS(=O)(=O)C4)n3CCc3ccccc3)c2C1. The molecule has 0 unspecified atom stereocenters. The lowest BCUT2D eigenvalue weighted by molar-refractivity contribution is 0.119. The van der Waals surface area contributed by atoms with Crippen LogP contribution >= 0.6 is 0 Å². The number of aryl methyl sites for hydroxylation is 2. The summed E-state index contributed by atoms with van der Waals surface area (Å²) in [5, 5.41) is 0. The quantitative estimate of drug-likeness (QED) is 0.624. The van der Waals surface area contributed by atoms with E-state index in [2.05, 4.69) is 28.8 Å². The Morgan fingerprint density at radius 3 is 2.65 bits per heavy atom. The largest absolute Gasteiger partial charge is 0.453 e. The summed E-state index contributed by atoms with van der Waals surface area (Å²) < 4.78 is 30.8. The van der Waals surface area contributed by atoms with E-state index in [1.807, 2.05) is 18.2 Å². The Morgan fingerprint density at radius 1 is 1.16 bits per heavy atom. The lowest BCUT2D eigenvalue weighted by atomic mass is 9.98. The van der Waals surface area contributed by atoms with Crippen molar-refractivity contribution < 1.29 is 17.9 Å². The number of sulfone groups is 1. The molecule has 1 amide bonds. The Kier molecular flexibility index (Phi) is 4.97. The first-order chi connectivity index (χ1) is 14.9. The van der Waals surface area contributed by atoms with Crippen molar-refractivity contribution in [2.24, 2.45) is 0 Å². The third kappa shape index (κ3) is 3.69. The zero-order valence-corrected chi connectivity index (χ0v) is 18.3. The van der Waals surface area contributed by atoms with Crippen LogP contribution in [0.2, 0.25) is 0 Å². The monoisotopic (exact) mass is 439 g/mol. The van der Waals surface area contributed by atoms with Crippen LogP contribution in [0, 0.1) is 0 Å². The van der Waals surface area contributed by atoms with Gasteiger partial charge in [-0.05, 0) is 30.0 Å². The summed E-state index contributed by atoms with van der Waals surface area (Å²) >= 11 is 0. The van der Waals surface area contributed by atoms with E-state index >= 15 is 0 Å². The second kappa shape index (κ2) is 7.67. The van der Waals surface area contributed by atoms with Crippen LogP contribution in [0.1, 0.15) is 28.4 Å². The summed E-state index contributed by atoms with van der Waals surface area (Å²) in [6.45, 7) is 1.80. The summed E-state index contributed by atoms with van der Waals surface area (Å²) in [5.41, 5.74) is 5.33. The second-order valence-electron chi connectivity index (χ2n) is 8.34. The van der Waals surface area contributed by atoms with Crippen LogP contribution in [0.5, 0.6) is 0 Å². The predicted octanol–water partition coefficient (Wildman–Crippen LogP) is 2.92. The minimum atomic E-state index is -2.96. The van der Waals surface area contributed by atoms with Gasteiger partial charge in [-0.15, -0.1) is 0 Å². The molecule has 0 spiro atoms. The topological polar surface area (TPSA) is 81.5 Å². The number of hydrogen-bond donors (Lipinski definition) is 0. The number of amides is 1. The van der Waals surface area contributed by atoms with Crippen LogP contribution < -0.4 is 0 Å². The first-order valence-electron chi connectivity index (χ1n) is 10.5. The van der Waals surface area contributed by atoms with Crippen molar-refractivity contribution in [3.8, 4) is 0 Å². The Hall–Kier alpha value is -2.87. The minimum Gasteiger partial charge on any atom is -0.453 e. The van der Waals surface area contributed by atoms with Crippen LogP contribution in [0.15, 0.2) is 42.5 Å². The van der Waals surface area contributed by atoms with E-state index in [4.69, 9.17) is 9.72 Å². The van der Waals surface area contributed by atoms with E-state index in [9.17, 15) is 13.2 Å². The van der Waals surface area contributed by atoms with E-state index in [0.29, 0.717) is 13.1 Å². The average Bonchev–Trinajstić information content (AvgIpc) is 3.14. The van der Waals surface area contributed by atoms with Gasteiger partial charge in [0.25, 0.3) is 0 Å². The van der Waals surface area contributed by atoms with Gasteiger partial charge in [0, 0.05) is 24.6 Å². The molecule has 1 aromatic heterocycles. The number of carbonyl (C=O) groups excluding carboxylic acids is 1. The van der Waals surface area contributed by atoms with Crippen molar-refractivity contribution in [1.29, 1.82) is 0 Å². The number of imidazole rings is 1. The number of methoxy groups -OCH3 is 1. The second-order valence-corrected chi connectivity index (χ2v) is 10.5. The fourth-order valence-electron chi connectivity index (χ4n) is 4.67. The molecule has 3 heterocycles. The zero-order chi connectivity index (χ0) is 21.6. The van der Waals surface area contributed by atoms with Crippen molar-refractivity contribution in [3.63, 3.8) is 0 Å². The molecule has 0 atom stereocenters. The highest BCUT2D eigenvalue weighted by molar-refractivity contribution is 7.92. The Bertz CT molecular complexity index is 1240. The standard InChI is InChI=1S/C23H25N3O4S/c1-30-23(27)25-11-10-17-7-8-20-21(19(17)13-25)24-22(18-14-31(28,29)15-18)26(20)12-9-16-5-3-2-4-6-16/h2-8,18H,9-15H2,1H3. The molecule has 8 heteroatoms. The summed E-state index contributed by atoms with van der Waals surface area (Å²) in [4.78, 5) is 18.7. The van der Waals surface area contributed by atoms with Gasteiger partial charge in [0.15, 0.2) is 9.84 Å². The van der Waals surface area contributed by atoms with Crippen LogP contribution in [-0.4, -0.2) is 54.1 Å². The lowest BCUT2D eigenvalue weighted by Gasteiger charge is -2.27. The number of aromatic nitrogens is 2. The summed E-state index contributed by atoms with van der Waals surface area (Å²) in [7, 11) is -1.57. The van der Waals surface area contributed by atoms with Crippen molar-refractivity contribution in [3.05, 3.63) is 65.0 Å². The predicted molar refractivity (Wildman–Crippen MR) is 118 cm³/mol. The molecule has 0 radical (unpaired) electrons. The molecule has 2 aliphatic rings. The maximum atomic E-state index is 12.1. The van der Waals surface area contributed by atoms with E-state index in [1.165, 1.54) is 18.2 Å². The number of ether oxygens (including phenoxy) is 1. The molecule has 2 aromatic carbocycles. The molecule has 7 nitrogen and oxygen atoms in total. The van der Waals surface area contributed by atoms with E-state index < -0.39 is 9.84 Å². The number of nitrogens with zero attached hydrogens (tertiary/aromatic N) is 3. The molecule has 0 saturated carbocycles. The highest BCUT2D eigenvalue weighted by atomic mass is 32.2. The molecule has 0 bridgehead atoms. The summed E-state index contributed by atoms with van der Waals surface area (Å²) in [6, 6.07) is 14.5. The lowest BCUT2D eigenvalue weighted by Crippen LogP contribution is -2.36. The van der Waals surface area contributed by atoms with Crippen molar-refractivity contribution >= 4 is 27.0 Å². The van der Waals surface area contributed by atoms with Gasteiger partial charge in [-0.3, -0.25) is 0 Å². The third-order valence-electron chi connectivity index (χ3n) is 6.33. The van der Waals surface area contributed by atoms with E-state index in [0.717, 1.165) is 41.8 Å². The molecule has 2 aliphatic heterocycles. The molecular formula is C23H25N3O4S. The molecule has 0 N–H and O–H groups in total. The van der Waals surface area contributed by atoms with Gasteiger partial charge in [0.1, 0.15) is 5.82 Å². The summed E-state index contributed by atoms with van der Waals surface area (Å²) in [6.07, 6.45) is 1.26. The molecule has 3 aromatic rings. The van der Waals surface area contributed by atoms with Gasteiger partial charge in [-0.25, -0.2) is 18.2 Å². The average molecular weight is 440 g/mol. The van der Waals surface area contributed by atoms with Gasteiger partial charge in [-0.1, -0.05) is 36.4 Å². The maximum Gasteiger partial charge on any atom is 0.409 e. The Labute approximate surface area is 181 Å². The van der Waals surface area contributed by atoms with E-state index in [-0.39, 0.29) is 23.5 Å². The first-order valence-corrected chi connectivity index (χ1v) is 12.4. The van der Waals surface area contributed by atoms with Crippen LogP contribution in [0.4, 0.5) is 4.79 Å². The number of hydrogen-bond acceptors (Lipinski definition) is 5. The number of benzene rings is 2. The minimum absolute atomic E-state index is 0.0795. The number of fused-ring (bicyclic) bond motifs is 3. The highest BCUT2D eigenvalue weighted by Crippen LogP contribution is 2.34. The van der Waals surface area contributed by atoms with Gasteiger partial charge in [0.2, 0.25) is 0 Å². The smallest absolute Gasteiger partial charge is 0.409 e. The maximum absolute atomic E-state index is 12.1. The number of rotatable bonds is 4. The molecule has 162 valence electrons. The Balaban J connectivity index is 1.56. The third-order valence-corrected chi connectivity index (χ3v) is 8.15. The fraction of sp³-hybridized carbons (Fsp3) is 0.391.